The molecule has 0 aliphatic rings. The van der Waals surface area contributed by atoms with E-state index in [1.54, 1.807) is 13.0 Å². The molecule has 3 nitrogen and oxygen atoms in total. The lowest BCUT2D eigenvalue weighted by Crippen LogP contribution is -2.11. The van der Waals surface area contributed by atoms with Crippen LogP contribution in [0.15, 0.2) is 22.7 Å². The number of sulfone groups is 1. The molecule has 0 heterocycles. The van der Waals surface area contributed by atoms with Gasteiger partial charge in [0.25, 0.3) is 0 Å². The van der Waals surface area contributed by atoms with Crippen molar-refractivity contribution < 1.29 is 17.6 Å². The average Bonchev–Trinajstić information content (AvgIpc) is 2.32. The number of ketones is 1. The van der Waals surface area contributed by atoms with E-state index >= 15 is 0 Å². The van der Waals surface area contributed by atoms with E-state index in [1.807, 2.05) is 0 Å². The number of carbonyl (C=O) groups is 1. The molecule has 1 aromatic carbocycles. The molecule has 1 rings (SSSR count). The van der Waals surface area contributed by atoms with E-state index < -0.39 is 15.7 Å². The lowest BCUT2D eigenvalue weighted by Gasteiger charge is -2.04. The van der Waals surface area contributed by atoms with Gasteiger partial charge in [0, 0.05) is 12.2 Å². The number of hydrogen-bond acceptors (Lipinski definition) is 3. The van der Waals surface area contributed by atoms with E-state index in [4.69, 9.17) is 0 Å². The summed E-state index contributed by atoms with van der Waals surface area (Å²) in [6.45, 7) is 1.56. The van der Waals surface area contributed by atoms with Crippen molar-refractivity contribution in [3.8, 4) is 0 Å². The first-order chi connectivity index (χ1) is 8.37. The maximum atomic E-state index is 13.6. The van der Waals surface area contributed by atoms with Crippen LogP contribution in [0.25, 0.3) is 0 Å². The number of hydrogen-bond donors (Lipinski definition) is 0. The van der Waals surface area contributed by atoms with Gasteiger partial charge in [0.05, 0.1) is 15.8 Å². The topological polar surface area (TPSA) is 51.2 Å². The van der Waals surface area contributed by atoms with E-state index in [0.29, 0.717) is 0 Å². The van der Waals surface area contributed by atoms with Crippen molar-refractivity contribution in [3.05, 3.63) is 34.1 Å². The zero-order valence-electron chi connectivity index (χ0n) is 9.95. The van der Waals surface area contributed by atoms with E-state index in [2.05, 4.69) is 15.9 Å². The zero-order valence-corrected chi connectivity index (χ0v) is 12.4. The molecule has 0 saturated heterocycles. The maximum absolute atomic E-state index is 13.6. The van der Waals surface area contributed by atoms with Gasteiger partial charge in [0.1, 0.15) is 15.7 Å². The van der Waals surface area contributed by atoms with Crippen LogP contribution in [-0.4, -0.2) is 25.7 Å². The molecule has 0 aliphatic heterocycles. The van der Waals surface area contributed by atoms with Gasteiger partial charge < -0.3 is 0 Å². The minimum Gasteiger partial charge on any atom is -0.294 e. The van der Waals surface area contributed by atoms with Crippen LogP contribution in [0.4, 0.5) is 4.39 Å². The molecule has 0 aliphatic carbocycles. The van der Waals surface area contributed by atoms with Gasteiger partial charge in [-0.1, -0.05) is 13.0 Å². The summed E-state index contributed by atoms with van der Waals surface area (Å²) in [5.74, 6) is -0.946. The number of Topliss-reactive ketones (excluding diaryl/α,β-unsaturated/α-hetero) is 1. The number of halogens is 2. The fourth-order valence-corrected chi connectivity index (χ4v) is 2.69. The Kier molecular flexibility index (Phi) is 5.47. The van der Waals surface area contributed by atoms with Crippen LogP contribution in [0.2, 0.25) is 0 Å². The molecule has 0 radical (unpaired) electrons. The summed E-state index contributed by atoms with van der Waals surface area (Å²) in [5.41, 5.74) is -0.00160. The highest BCUT2D eigenvalue weighted by Gasteiger charge is 2.15. The lowest BCUT2D eigenvalue weighted by molar-refractivity contribution is 0.0978. The van der Waals surface area contributed by atoms with Gasteiger partial charge in [-0.3, -0.25) is 4.79 Å². The molecule has 0 unspecified atom stereocenters. The van der Waals surface area contributed by atoms with Crippen LogP contribution in [0, 0.1) is 5.82 Å². The maximum Gasteiger partial charge on any atom is 0.165 e. The van der Waals surface area contributed by atoms with Crippen molar-refractivity contribution in [2.75, 3.05) is 11.5 Å². The second kappa shape index (κ2) is 6.43. The summed E-state index contributed by atoms with van der Waals surface area (Å²) in [7, 11) is -3.07. The first-order valence-electron chi connectivity index (χ1n) is 5.55. The standard InChI is InChI=1S/C12H14BrFO3S/c1-2-18(16,17)8-4-7-11(15)9-5-3-6-10(13)12(9)14/h3,5-6H,2,4,7-8H2,1H3. The van der Waals surface area contributed by atoms with E-state index in [0.717, 1.165) is 0 Å². The Morgan fingerprint density at radius 1 is 1.39 bits per heavy atom. The smallest absolute Gasteiger partial charge is 0.165 e. The predicted molar refractivity (Wildman–Crippen MR) is 72.0 cm³/mol. The summed E-state index contributed by atoms with van der Waals surface area (Å²) < 4.78 is 36.3. The average molecular weight is 337 g/mol. The second-order valence-electron chi connectivity index (χ2n) is 3.86. The molecule has 100 valence electrons. The fraction of sp³-hybridized carbons (Fsp3) is 0.417. The largest absolute Gasteiger partial charge is 0.294 e. The van der Waals surface area contributed by atoms with Crippen LogP contribution >= 0.6 is 15.9 Å². The summed E-state index contributed by atoms with van der Waals surface area (Å²) >= 11 is 3.00. The van der Waals surface area contributed by atoms with Crippen molar-refractivity contribution in [3.63, 3.8) is 0 Å². The molecule has 0 bridgehead atoms. The number of carbonyl (C=O) groups excluding carboxylic acids is 1. The van der Waals surface area contributed by atoms with Crippen LogP contribution in [0.1, 0.15) is 30.1 Å². The van der Waals surface area contributed by atoms with Crippen molar-refractivity contribution in [2.45, 2.75) is 19.8 Å². The zero-order chi connectivity index (χ0) is 13.8. The third kappa shape index (κ3) is 4.17. The number of rotatable bonds is 6. The van der Waals surface area contributed by atoms with Crippen molar-refractivity contribution >= 4 is 31.6 Å². The quantitative estimate of drug-likeness (QED) is 0.750. The number of benzene rings is 1. The summed E-state index contributed by atoms with van der Waals surface area (Å²) in [6.07, 6.45) is 0.258. The lowest BCUT2D eigenvalue weighted by atomic mass is 10.1. The summed E-state index contributed by atoms with van der Waals surface area (Å²) in [4.78, 5) is 11.7. The first-order valence-corrected chi connectivity index (χ1v) is 8.16. The molecule has 0 saturated carbocycles. The van der Waals surface area contributed by atoms with E-state index in [-0.39, 0.29) is 40.2 Å². The van der Waals surface area contributed by atoms with E-state index in [1.165, 1.54) is 12.1 Å². The molecule has 1 aromatic rings. The molecule has 0 fully saturated rings. The first kappa shape index (κ1) is 15.3. The molecule has 18 heavy (non-hydrogen) atoms. The van der Waals surface area contributed by atoms with Gasteiger partial charge >= 0.3 is 0 Å². The minimum absolute atomic E-state index is 0.00160. The predicted octanol–water partition coefficient (Wildman–Crippen LogP) is 2.99. The molecule has 0 amide bonds. The van der Waals surface area contributed by atoms with Crippen LogP contribution in [0.3, 0.4) is 0 Å². The van der Waals surface area contributed by atoms with Gasteiger partial charge in [0.15, 0.2) is 5.78 Å². The Morgan fingerprint density at radius 2 is 2.06 bits per heavy atom. The van der Waals surface area contributed by atoms with Crippen LogP contribution in [0.5, 0.6) is 0 Å². The molecular formula is C12H14BrFO3S. The molecule has 0 atom stereocenters. The van der Waals surface area contributed by atoms with Crippen molar-refractivity contribution in [2.24, 2.45) is 0 Å². The fourth-order valence-electron chi connectivity index (χ4n) is 1.45. The third-order valence-electron chi connectivity index (χ3n) is 2.55. The molecule has 6 heteroatoms. The Hall–Kier alpha value is -0.750. The minimum atomic E-state index is -3.07. The second-order valence-corrected chi connectivity index (χ2v) is 7.19. The van der Waals surface area contributed by atoms with Crippen LogP contribution in [-0.2, 0) is 9.84 Å². The molecular weight excluding hydrogens is 323 g/mol. The SMILES string of the molecule is CCS(=O)(=O)CCCC(=O)c1cccc(Br)c1F. The summed E-state index contributed by atoms with van der Waals surface area (Å²) in [6, 6.07) is 4.48. The van der Waals surface area contributed by atoms with Gasteiger partial charge in [-0.05, 0) is 34.5 Å². The van der Waals surface area contributed by atoms with E-state index in [9.17, 15) is 17.6 Å². The Labute approximate surface area is 114 Å². The normalized spacial score (nSPS) is 11.5. The Balaban J connectivity index is 2.64. The molecule has 0 spiro atoms. The third-order valence-corrected chi connectivity index (χ3v) is 4.95. The highest BCUT2D eigenvalue weighted by Crippen LogP contribution is 2.20. The van der Waals surface area contributed by atoms with Gasteiger partial charge in [0.2, 0.25) is 0 Å². The summed E-state index contributed by atoms with van der Waals surface area (Å²) in [5, 5.41) is 0. The van der Waals surface area contributed by atoms with Gasteiger partial charge in [-0.2, -0.15) is 0 Å². The highest BCUT2D eigenvalue weighted by atomic mass is 79.9. The Morgan fingerprint density at radius 3 is 2.67 bits per heavy atom. The highest BCUT2D eigenvalue weighted by molar-refractivity contribution is 9.10. The van der Waals surface area contributed by atoms with Gasteiger partial charge in [-0.15, -0.1) is 0 Å². The van der Waals surface area contributed by atoms with Crippen LogP contribution < -0.4 is 0 Å². The molecule has 0 N–H and O–H groups in total. The monoisotopic (exact) mass is 336 g/mol. The van der Waals surface area contributed by atoms with Crippen molar-refractivity contribution in [1.29, 1.82) is 0 Å². The Bertz CT molecular complexity index is 540. The van der Waals surface area contributed by atoms with Gasteiger partial charge in [-0.25, -0.2) is 12.8 Å². The van der Waals surface area contributed by atoms with Crippen molar-refractivity contribution in [1.82, 2.24) is 0 Å². The molecule has 0 aromatic heterocycles.